The molecule has 1 N–H and O–H groups in total. The predicted molar refractivity (Wildman–Crippen MR) is 67.9 cm³/mol. The first kappa shape index (κ1) is 13.2. The number of halogens is 2. The number of nitrogens with one attached hydrogen (secondary N) is 1. The summed E-state index contributed by atoms with van der Waals surface area (Å²) in [6, 6.07) is 5.39. The van der Waals surface area contributed by atoms with Gasteiger partial charge in [-0.05, 0) is 29.8 Å². The van der Waals surface area contributed by atoms with Gasteiger partial charge in [0.2, 0.25) is 5.28 Å². The monoisotopic (exact) mass is 281 g/mol. The number of amides is 1. The largest absolute Gasteiger partial charge is 0.497 e. The molecule has 0 atom stereocenters. The zero-order valence-electron chi connectivity index (χ0n) is 9.85. The Hall–Kier alpha value is -2.21. The van der Waals surface area contributed by atoms with Gasteiger partial charge in [-0.1, -0.05) is 0 Å². The molecule has 0 fully saturated rings. The molecule has 0 aliphatic rings. The van der Waals surface area contributed by atoms with Gasteiger partial charge in [-0.15, -0.1) is 0 Å². The van der Waals surface area contributed by atoms with Crippen molar-refractivity contribution in [1.29, 1.82) is 0 Å². The lowest BCUT2D eigenvalue weighted by molar-refractivity contribution is 0.102. The van der Waals surface area contributed by atoms with Gasteiger partial charge in [0, 0.05) is 12.3 Å². The average Bonchev–Trinajstić information content (AvgIpc) is 2.38. The fourth-order valence-electron chi connectivity index (χ4n) is 1.40. The fraction of sp³-hybridized carbons (Fsp3) is 0.0833. The zero-order valence-corrected chi connectivity index (χ0v) is 10.6. The van der Waals surface area contributed by atoms with E-state index in [1.165, 1.54) is 31.5 Å². The first-order valence-corrected chi connectivity index (χ1v) is 5.61. The summed E-state index contributed by atoms with van der Waals surface area (Å²) >= 11 is 5.58. The van der Waals surface area contributed by atoms with Gasteiger partial charge in [0.25, 0.3) is 5.91 Å². The van der Waals surface area contributed by atoms with Crippen molar-refractivity contribution in [1.82, 2.24) is 9.97 Å². The van der Waals surface area contributed by atoms with Gasteiger partial charge in [-0.2, -0.15) is 0 Å². The molecular formula is C12H9ClFN3O2. The maximum Gasteiger partial charge on any atom is 0.259 e. The molecule has 0 bridgehead atoms. The lowest BCUT2D eigenvalue weighted by Crippen LogP contribution is -2.14. The number of ether oxygens (including phenoxy) is 1. The summed E-state index contributed by atoms with van der Waals surface area (Å²) in [6.07, 6.45) is 1.38. The highest BCUT2D eigenvalue weighted by atomic mass is 35.5. The molecule has 0 radical (unpaired) electrons. The second-order valence-corrected chi connectivity index (χ2v) is 3.85. The van der Waals surface area contributed by atoms with Gasteiger partial charge < -0.3 is 10.1 Å². The average molecular weight is 282 g/mol. The second kappa shape index (κ2) is 5.62. The van der Waals surface area contributed by atoms with Crippen molar-refractivity contribution in [3.8, 4) is 5.75 Å². The highest BCUT2D eigenvalue weighted by Gasteiger charge is 2.13. The minimum absolute atomic E-state index is 0.00648. The lowest BCUT2D eigenvalue weighted by atomic mass is 10.2. The van der Waals surface area contributed by atoms with E-state index < -0.39 is 11.7 Å². The molecule has 0 saturated heterocycles. The van der Waals surface area contributed by atoms with E-state index in [2.05, 4.69) is 15.3 Å². The number of hydrogen-bond acceptors (Lipinski definition) is 4. The Balaban J connectivity index is 2.20. The molecule has 0 saturated carbocycles. The van der Waals surface area contributed by atoms with Gasteiger partial charge in [0.05, 0.1) is 12.7 Å². The topological polar surface area (TPSA) is 64.1 Å². The first-order valence-electron chi connectivity index (χ1n) is 5.23. The van der Waals surface area contributed by atoms with E-state index in [4.69, 9.17) is 16.3 Å². The highest BCUT2D eigenvalue weighted by molar-refractivity contribution is 6.28. The van der Waals surface area contributed by atoms with Gasteiger partial charge >= 0.3 is 0 Å². The molecular weight excluding hydrogens is 273 g/mol. The Labute approximate surface area is 113 Å². The van der Waals surface area contributed by atoms with Crippen LogP contribution in [0.1, 0.15) is 10.4 Å². The summed E-state index contributed by atoms with van der Waals surface area (Å²) in [5.41, 5.74) is -0.115. The number of hydrogen-bond donors (Lipinski definition) is 1. The normalized spacial score (nSPS) is 10.1. The van der Waals surface area contributed by atoms with E-state index in [-0.39, 0.29) is 16.7 Å². The number of anilines is 1. The summed E-state index contributed by atoms with van der Waals surface area (Å²) in [5.74, 6) is -0.786. The molecule has 1 aromatic heterocycles. The quantitative estimate of drug-likeness (QED) is 0.878. The molecule has 0 aliphatic heterocycles. The molecule has 1 heterocycles. The predicted octanol–water partition coefficient (Wildman–Crippen LogP) is 2.53. The Bertz CT molecular complexity index is 622. The Morgan fingerprint density at radius 3 is 2.84 bits per heavy atom. The summed E-state index contributed by atoms with van der Waals surface area (Å²) in [6.45, 7) is 0. The third kappa shape index (κ3) is 3.17. The van der Waals surface area contributed by atoms with Crippen LogP contribution in [0.15, 0.2) is 30.5 Å². The second-order valence-electron chi connectivity index (χ2n) is 3.51. The van der Waals surface area contributed by atoms with Gasteiger partial charge in [0.15, 0.2) is 0 Å². The van der Waals surface area contributed by atoms with E-state index in [0.717, 1.165) is 6.07 Å². The minimum atomic E-state index is -0.683. The molecule has 1 amide bonds. The molecule has 98 valence electrons. The van der Waals surface area contributed by atoms with Gasteiger partial charge in [-0.25, -0.2) is 14.4 Å². The maximum atomic E-state index is 13.7. The van der Waals surface area contributed by atoms with Crippen LogP contribution in [0.25, 0.3) is 0 Å². The number of carbonyl (C=O) groups excluding carboxylic acids is 1. The SMILES string of the molecule is COc1ccc(C(=O)Nc2ccnc(Cl)n2)c(F)c1. The van der Waals surface area contributed by atoms with Crippen molar-refractivity contribution >= 4 is 23.3 Å². The number of rotatable bonds is 3. The molecule has 19 heavy (non-hydrogen) atoms. The number of methoxy groups -OCH3 is 1. The molecule has 7 heteroatoms. The molecule has 0 unspecified atom stereocenters. The van der Waals surface area contributed by atoms with Crippen molar-refractivity contribution in [3.05, 3.63) is 47.1 Å². The van der Waals surface area contributed by atoms with Crippen LogP contribution in [0.3, 0.4) is 0 Å². The Morgan fingerprint density at radius 2 is 2.21 bits per heavy atom. The van der Waals surface area contributed by atoms with Crippen LogP contribution >= 0.6 is 11.6 Å². The first-order chi connectivity index (χ1) is 9.10. The summed E-state index contributed by atoms with van der Waals surface area (Å²) < 4.78 is 18.5. The molecule has 1 aromatic carbocycles. The standard InChI is InChI=1S/C12H9ClFN3O2/c1-19-7-2-3-8(9(14)6-7)11(18)16-10-4-5-15-12(13)17-10/h2-6H,1H3,(H,15,16,17,18). The highest BCUT2D eigenvalue weighted by Crippen LogP contribution is 2.17. The number of aromatic nitrogens is 2. The Kier molecular flexibility index (Phi) is 3.91. The van der Waals surface area contributed by atoms with Crippen LogP contribution in [-0.4, -0.2) is 23.0 Å². The van der Waals surface area contributed by atoms with E-state index in [1.807, 2.05) is 0 Å². The Morgan fingerprint density at radius 1 is 1.42 bits per heavy atom. The summed E-state index contributed by atoms with van der Waals surface area (Å²) in [4.78, 5) is 19.3. The van der Waals surface area contributed by atoms with Gasteiger partial charge in [-0.3, -0.25) is 4.79 Å². The lowest BCUT2D eigenvalue weighted by Gasteiger charge is -2.06. The van der Waals surface area contributed by atoms with E-state index in [0.29, 0.717) is 5.75 Å². The van der Waals surface area contributed by atoms with Crippen molar-refractivity contribution in [2.45, 2.75) is 0 Å². The fourth-order valence-corrected chi connectivity index (χ4v) is 1.54. The number of nitrogens with zero attached hydrogens (tertiary/aromatic N) is 2. The number of benzene rings is 1. The molecule has 5 nitrogen and oxygen atoms in total. The van der Waals surface area contributed by atoms with E-state index in [9.17, 15) is 9.18 Å². The summed E-state index contributed by atoms with van der Waals surface area (Å²) in [7, 11) is 1.41. The smallest absolute Gasteiger partial charge is 0.259 e. The molecule has 2 rings (SSSR count). The van der Waals surface area contributed by atoms with Crippen molar-refractivity contribution in [3.63, 3.8) is 0 Å². The van der Waals surface area contributed by atoms with Crippen LogP contribution in [0.4, 0.5) is 10.2 Å². The summed E-state index contributed by atoms with van der Waals surface area (Å²) in [5, 5.41) is 2.42. The third-order valence-corrected chi connectivity index (χ3v) is 2.47. The maximum absolute atomic E-state index is 13.7. The van der Waals surface area contributed by atoms with Crippen LogP contribution in [0, 0.1) is 5.82 Å². The third-order valence-electron chi connectivity index (χ3n) is 2.29. The van der Waals surface area contributed by atoms with Crippen LogP contribution < -0.4 is 10.1 Å². The van der Waals surface area contributed by atoms with E-state index in [1.54, 1.807) is 0 Å². The molecule has 2 aromatic rings. The van der Waals surface area contributed by atoms with Crippen LogP contribution in [0.2, 0.25) is 5.28 Å². The van der Waals surface area contributed by atoms with Crippen LogP contribution in [0.5, 0.6) is 5.75 Å². The minimum Gasteiger partial charge on any atom is -0.497 e. The van der Waals surface area contributed by atoms with Crippen molar-refractivity contribution in [2.75, 3.05) is 12.4 Å². The molecule has 0 aliphatic carbocycles. The zero-order chi connectivity index (χ0) is 13.8. The van der Waals surface area contributed by atoms with Crippen LogP contribution in [-0.2, 0) is 0 Å². The number of carbonyl (C=O) groups is 1. The molecule has 0 spiro atoms. The van der Waals surface area contributed by atoms with Gasteiger partial charge in [0.1, 0.15) is 17.4 Å². The van der Waals surface area contributed by atoms with E-state index >= 15 is 0 Å². The van der Waals surface area contributed by atoms with Crippen molar-refractivity contribution < 1.29 is 13.9 Å². The van der Waals surface area contributed by atoms with Crippen molar-refractivity contribution in [2.24, 2.45) is 0 Å².